The Kier molecular flexibility index (Phi) is 5.75. The van der Waals surface area contributed by atoms with Crippen LogP contribution in [-0.2, 0) is 4.74 Å². The van der Waals surface area contributed by atoms with E-state index in [0.717, 1.165) is 6.61 Å². The monoisotopic (exact) mass is 253 g/mol. The fourth-order valence-corrected chi connectivity index (χ4v) is 1.43. The second kappa shape index (κ2) is 7.10. The lowest BCUT2D eigenvalue weighted by molar-refractivity contribution is 0.118. The Hall–Kier alpha value is -1.31. The number of pyridine rings is 1. The van der Waals surface area contributed by atoms with E-state index in [2.05, 4.69) is 24.1 Å². The van der Waals surface area contributed by atoms with Crippen molar-refractivity contribution >= 4 is 17.4 Å². The van der Waals surface area contributed by atoms with Gasteiger partial charge in [0.15, 0.2) is 0 Å². The number of rotatable bonds is 6. The van der Waals surface area contributed by atoms with E-state index >= 15 is 0 Å². The van der Waals surface area contributed by atoms with E-state index in [9.17, 15) is 0 Å². The molecule has 4 nitrogen and oxygen atoms in total. The Morgan fingerprint density at radius 2 is 2.35 bits per heavy atom. The number of nitrogens with one attached hydrogen (secondary N) is 1. The van der Waals surface area contributed by atoms with Gasteiger partial charge in [-0.15, -0.1) is 0 Å². The molecule has 0 saturated heterocycles. The molecule has 0 radical (unpaired) electrons. The number of nitrogens with zero attached hydrogens (tertiary/aromatic N) is 2. The van der Waals surface area contributed by atoms with Crippen LogP contribution in [0.3, 0.4) is 0 Å². The Morgan fingerprint density at radius 1 is 1.59 bits per heavy atom. The molecule has 5 heteroatoms. The average Bonchev–Trinajstić information content (AvgIpc) is 2.30. The first-order valence-corrected chi connectivity index (χ1v) is 5.89. The molecular formula is C12H16ClN3O. The van der Waals surface area contributed by atoms with E-state index in [4.69, 9.17) is 21.6 Å². The lowest BCUT2D eigenvalue weighted by Gasteiger charge is -2.09. The molecule has 1 rings (SSSR count). The van der Waals surface area contributed by atoms with Gasteiger partial charge in [0.2, 0.25) is 0 Å². The minimum absolute atomic E-state index is 0.360. The third-order valence-electron chi connectivity index (χ3n) is 2.00. The standard InChI is InChI=1S/C12H16ClN3O/c1-9(2)8-17-6-5-16-12-11(13)10(7-14)3-4-15-12/h3-4,9H,5-6,8H2,1-2H3,(H,15,16). The molecule has 0 fully saturated rings. The number of halogens is 1. The average molecular weight is 254 g/mol. The number of hydrogen-bond acceptors (Lipinski definition) is 4. The van der Waals surface area contributed by atoms with Crippen LogP contribution in [-0.4, -0.2) is 24.7 Å². The summed E-state index contributed by atoms with van der Waals surface area (Å²) in [6.07, 6.45) is 1.56. The van der Waals surface area contributed by atoms with Gasteiger partial charge < -0.3 is 10.1 Å². The minimum Gasteiger partial charge on any atom is -0.379 e. The molecule has 0 unspecified atom stereocenters. The van der Waals surface area contributed by atoms with E-state index in [0.29, 0.717) is 35.5 Å². The van der Waals surface area contributed by atoms with Crippen LogP contribution in [0.2, 0.25) is 5.02 Å². The maximum absolute atomic E-state index is 8.80. The highest BCUT2D eigenvalue weighted by molar-refractivity contribution is 6.34. The lowest BCUT2D eigenvalue weighted by Crippen LogP contribution is -2.13. The van der Waals surface area contributed by atoms with Crippen molar-refractivity contribution in [3.05, 3.63) is 22.8 Å². The van der Waals surface area contributed by atoms with Crippen molar-refractivity contribution in [1.82, 2.24) is 4.98 Å². The second-order valence-corrected chi connectivity index (χ2v) is 4.41. The van der Waals surface area contributed by atoms with Crippen LogP contribution >= 0.6 is 11.6 Å². The third-order valence-corrected chi connectivity index (χ3v) is 2.38. The fourth-order valence-electron chi connectivity index (χ4n) is 1.21. The Bertz CT molecular complexity index is 401. The van der Waals surface area contributed by atoms with Crippen molar-refractivity contribution < 1.29 is 4.74 Å². The van der Waals surface area contributed by atoms with Crippen LogP contribution < -0.4 is 5.32 Å². The Morgan fingerprint density at radius 3 is 3.00 bits per heavy atom. The van der Waals surface area contributed by atoms with Gasteiger partial charge in [-0.1, -0.05) is 25.4 Å². The molecular weight excluding hydrogens is 238 g/mol. The molecule has 0 aromatic carbocycles. The zero-order chi connectivity index (χ0) is 12.7. The number of anilines is 1. The van der Waals surface area contributed by atoms with Crippen LogP contribution in [0.5, 0.6) is 0 Å². The first-order chi connectivity index (χ1) is 8.15. The highest BCUT2D eigenvalue weighted by atomic mass is 35.5. The molecule has 0 aliphatic rings. The summed E-state index contributed by atoms with van der Waals surface area (Å²) in [6.45, 7) is 6.15. The molecule has 0 aliphatic heterocycles. The Labute approximate surface area is 107 Å². The van der Waals surface area contributed by atoms with E-state index in [-0.39, 0.29) is 0 Å². The highest BCUT2D eigenvalue weighted by Crippen LogP contribution is 2.22. The van der Waals surface area contributed by atoms with Gasteiger partial charge in [0.25, 0.3) is 0 Å². The molecule has 1 heterocycles. The Balaban J connectivity index is 2.40. The molecule has 0 amide bonds. The van der Waals surface area contributed by atoms with Crippen molar-refractivity contribution in [2.24, 2.45) is 5.92 Å². The summed E-state index contributed by atoms with van der Waals surface area (Å²) in [6, 6.07) is 3.60. The van der Waals surface area contributed by atoms with Crippen LogP contribution in [0.1, 0.15) is 19.4 Å². The summed E-state index contributed by atoms with van der Waals surface area (Å²) < 4.78 is 5.41. The number of aromatic nitrogens is 1. The maximum Gasteiger partial charge on any atom is 0.146 e. The molecule has 1 aromatic rings. The first kappa shape index (κ1) is 13.8. The van der Waals surface area contributed by atoms with Crippen LogP contribution in [0.4, 0.5) is 5.82 Å². The maximum atomic E-state index is 8.80. The molecule has 0 saturated carbocycles. The molecule has 1 N–H and O–H groups in total. The minimum atomic E-state index is 0.360. The number of nitriles is 1. The topological polar surface area (TPSA) is 57.9 Å². The van der Waals surface area contributed by atoms with Gasteiger partial charge in [0.1, 0.15) is 16.9 Å². The van der Waals surface area contributed by atoms with Crippen LogP contribution in [0.15, 0.2) is 12.3 Å². The van der Waals surface area contributed by atoms with E-state index in [1.54, 1.807) is 12.3 Å². The molecule has 1 aromatic heterocycles. The predicted octanol–water partition coefficient (Wildman–Crippen LogP) is 2.69. The molecule has 92 valence electrons. The van der Waals surface area contributed by atoms with Gasteiger partial charge in [-0.2, -0.15) is 5.26 Å². The second-order valence-electron chi connectivity index (χ2n) is 4.03. The van der Waals surface area contributed by atoms with Crippen molar-refractivity contribution in [3.8, 4) is 6.07 Å². The van der Waals surface area contributed by atoms with E-state index in [1.807, 2.05) is 6.07 Å². The number of ether oxygens (including phenoxy) is 1. The zero-order valence-corrected chi connectivity index (χ0v) is 10.8. The lowest BCUT2D eigenvalue weighted by atomic mass is 10.2. The third kappa shape index (κ3) is 4.59. The van der Waals surface area contributed by atoms with Crippen LogP contribution in [0.25, 0.3) is 0 Å². The fraction of sp³-hybridized carbons (Fsp3) is 0.500. The van der Waals surface area contributed by atoms with E-state index < -0.39 is 0 Å². The summed E-state index contributed by atoms with van der Waals surface area (Å²) in [7, 11) is 0. The van der Waals surface area contributed by atoms with Gasteiger partial charge in [-0.25, -0.2) is 4.98 Å². The van der Waals surface area contributed by atoms with Gasteiger partial charge in [0, 0.05) is 19.3 Å². The van der Waals surface area contributed by atoms with Crippen molar-refractivity contribution in [2.45, 2.75) is 13.8 Å². The molecule has 0 atom stereocenters. The molecule has 17 heavy (non-hydrogen) atoms. The highest BCUT2D eigenvalue weighted by Gasteiger charge is 2.06. The summed E-state index contributed by atoms with van der Waals surface area (Å²) in [5.74, 6) is 1.05. The smallest absolute Gasteiger partial charge is 0.146 e. The summed E-state index contributed by atoms with van der Waals surface area (Å²) >= 11 is 5.98. The SMILES string of the molecule is CC(C)COCCNc1nccc(C#N)c1Cl. The number of hydrogen-bond donors (Lipinski definition) is 1. The summed E-state index contributed by atoms with van der Waals surface area (Å²) in [5.41, 5.74) is 0.423. The first-order valence-electron chi connectivity index (χ1n) is 5.51. The predicted molar refractivity (Wildman–Crippen MR) is 68.1 cm³/mol. The van der Waals surface area contributed by atoms with Gasteiger partial charge in [-0.05, 0) is 12.0 Å². The van der Waals surface area contributed by atoms with Gasteiger partial charge >= 0.3 is 0 Å². The zero-order valence-electron chi connectivity index (χ0n) is 10.0. The van der Waals surface area contributed by atoms with Crippen molar-refractivity contribution in [3.63, 3.8) is 0 Å². The normalized spacial score (nSPS) is 10.3. The molecule has 0 spiro atoms. The van der Waals surface area contributed by atoms with Crippen molar-refractivity contribution in [1.29, 1.82) is 5.26 Å². The summed E-state index contributed by atoms with van der Waals surface area (Å²) in [4.78, 5) is 4.07. The van der Waals surface area contributed by atoms with E-state index in [1.165, 1.54) is 0 Å². The van der Waals surface area contributed by atoms with Crippen LogP contribution in [0, 0.1) is 17.2 Å². The summed E-state index contributed by atoms with van der Waals surface area (Å²) in [5, 5.41) is 12.2. The largest absolute Gasteiger partial charge is 0.379 e. The molecule has 0 bridgehead atoms. The van der Waals surface area contributed by atoms with Crippen molar-refractivity contribution in [2.75, 3.05) is 25.1 Å². The van der Waals surface area contributed by atoms with Gasteiger partial charge in [-0.3, -0.25) is 0 Å². The quantitative estimate of drug-likeness (QED) is 0.792. The van der Waals surface area contributed by atoms with Gasteiger partial charge in [0.05, 0.1) is 12.2 Å². The molecule has 0 aliphatic carbocycles.